The monoisotopic (exact) mass is 342 g/mol. The minimum Gasteiger partial charge on any atom is -0.349 e. The zero-order valence-electron chi connectivity index (χ0n) is 12.2. The Bertz CT molecular complexity index is 562. The number of alkyl halides is 5. The molecule has 1 amide bonds. The van der Waals surface area contributed by atoms with Gasteiger partial charge >= 0.3 is 6.18 Å². The Kier molecular flexibility index (Phi) is 4.87. The van der Waals surface area contributed by atoms with Gasteiger partial charge in [0.2, 0.25) is 11.8 Å². The maximum atomic E-state index is 13.5. The first-order chi connectivity index (χ1) is 10.6. The third-order valence-corrected chi connectivity index (χ3v) is 3.65. The highest BCUT2D eigenvalue weighted by Crippen LogP contribution is 2.46. The molecule has 1 unspecified atom stereocenters. The molecule has 0 bridgehead atoms. The van der Waals surface area contributed by atoms with Crippen molar-refractivity contribution in [2.75, 3.05) is 26.2 Å². The summed E-state index contributed by atoms with van der Waals surface area (Å²) in [6, 6.07) is 0. The van der Waals surface area contributed by atoms with E-state index in [1.165, 1.54) is 11.8 Å². The molecule has 1 atom stereocenters. The molecule has 0 radical (unpaired) electrons. The fraction of sp³-hybridized carbons (Fsp3) is 0.750. The second kappa shape index (κ2) is 6.38. The Morgan fingerprint density at radius 1 is 1.48 bits per heavy atom. The van der Waals surface area contributed by atoms with Crippen LogP contribution < -0.4 is 5.32 Å². The summed E-state index contributed by atoms with van der Waals surface area (Å²) in [5.74, 6) is -1.22. The molecule has 23 heavy (non-hydrogen) atoms. The first-order valence-corrected chi connectivity index (χ1v) is 6.79. The summed E-state index contributed by atoms with van der Waals surface area (Å²) < 4.78 is 69.3. The molecule has 0 aliphatic carbocycles. The molecule has 11 heteroatoms. The number of hydrogen-bond donors (Lipinski definition) is 1. The number of hydrogen-bond acceptors (Lipinski definition) is 5. The van der Waals surface area contributed by atoms with Crippen LogP contribution >= 0.6 is 0 Å². The lowest BCUT2D eigenvalue weighted by Gasteiger charge is -2.28. The average molecular weight is 342 g/mol. The average Bonchev–Trinajstić information content (AvgIpc) is 3.03. The van der Waals surface area contributed by atoms with Crippen molar-refractivity contribution in [3.63, 3.8) is 0 Å². The highest BCUT2D eigenvalue weighted by atomic mass is 19.4. The first kappa shape index (κ1) is 17.6. The minimum absolute atomic E-state index is 0.0387. The van der Waals surface area contributed by atoms with Crippen molar-refractivity contribution in [3.8, 4) is 0 Å². The maximum Gasteiger partial charge on any atom is 0.404 e. The largest absolute Gasteiger partial charge is 0.404 e. The van der Waals surface area contributed by atoms with Gasteiger partial charge in [-0.3, -0.25) is 9.69 Å². The third-order valence-electron chi connectivity index (χ3n) is 3.65. The van der Waals surface area contributed by atoms with E-state index in [1.54, 1.807) is 0 Å². The molecule has 0 saturated carbocycles. The van der Waals surface area contributed by atoms with Gasteiger partial charge in [-0.1, -0.05) is 5.16 Å². The molecule has 1 aliphatic rings. The molecule has 6 nitrogen and oxygen atoms in total. The Labute approximate surface area is 128 Å². The number of amides is 1. The van der Waals surface area contributed by atoms with Gasteiger partial charge in [0.1, 0.15) is 0 Å². The zero-order chi connectivity index (χ0) is 17.3. The van der Waals surface area contributed by atoms with Gasteiger partial charge in [0.05, 0.1) is 13.1 Å². The van der Waals surface area contributed by atoms with Gasteiger partial charge in [-0.05, 0) is 13.3 Å². The lowest BCUT2D eigenvalue weighted by atomic mass is 9.86. The molecule has 0 aromatic carbocycles. The molecule has 1 fully saturated rings. The van der Waals surface area contributed by atoms with Crippen molar-refractivity contribution < 1.29 is 31.3 Å². The molecule has 1 aromatic rings. The highest BCUT2D eigenvalue weighted by Gasteiger charge is 2.62. The number of halogens is 5. The first-order valence-electron chi connectivity index (χ1n) is 6.79. The van der Waals surface area contributed by atoms with E-state index in [-0.39, 0.29) is 18.8 Å². The number of rotatable bonds is 5. The summed E-state index contributed by atoms with van der Waals surface area (Å²) in [6.45, 7) is -0.414. The number of aryl methyl sites for hydroxylation is 1. The summed E-state index contributed by atoms with van der Waals surface area (Å²) in [6.07, 6.45) is -7.70. The van der Waals surface area contributed by atoms with E-state index in [9.17, 15) is 26.7 Å². The van der Waals surface area contributed by atoms with Crippen LogP contribution in [0.3, 0.4) is 0 Å². The molecular formula is C12H15F5N4O2. The SMILES string of the molecule is Cc1noc(C2(C(F)(F)F)CCN(CC(=O)NCC(F)F)C2)n1. The third kappa shape index (κ3) is 3.77. The summed E-state index contributed by atoms with van der Waals surface area (Å²) in [7, 11) is 0. The summed E-state index contributed by atoms with van der Waals surface area (Å²) >= 11 is 0. The quantitative estimate of drug-likeness (QED) is 0.816. The van der Waals surface area contributed by atoms with E-state index in [0.717, 1.165) is 0 Å². The summed E-state index contributed by atoms with van der Waals surface area (Å²) in [5.41, 5.74) is -2.35. The maximum absolute atomic E-state index is 13.5. The fourth-order valence-corrected chi connectivity index (χ4v) is 2.49. The Morgan fingerprint density at radius 2 is 2.17 bits per heavy atom. The molecule has 0 spiro atoms. The number of carbonyl (C=O) groups is 1. The van der Waals surface area contributed by atoms with E-state index < -0.39 is 49.4 Å². The number of likely N-dealkylation sites (tertiary alicyclic amines) is 1. The van der Waals surface area contributed by atoms with E-state index in [4.69, 9.17) is 4.52 Å². The number of nitrogens with zero attached hydrogens (tertiary/aromatic N) is 3. The minimum atomic E-state index is -4.64. The normalized spacial score (nSPS) is 22.7. The molecular weight excluding hydrogens is 327 g/mol. The van der Waals surface area contributed by atoms with Crippen LogP contribution in [-0.2, 0) is 10.2 Å². The smallest absolute Gasteiger partial charge is 0.349 e. The predicted octanol–water partition coefficient (Wildman–Crippen LogP) is 1.27. The van der Waals surface area contributed by atoms with E-state index in [0.29, 0.717) is 0 Å². The van der Waals surface area contributed by atoms with Gasteiger partial charge in [0, 0.05) is 13.1 Å². The van der Waals surface area contributed by atoms with Gasteiger partial charge < -0.3 is 9.84 Å². The Balaban J connectivity index is 2.08. The molecule has 1 aliphatic heterocycles. The van der Waals surface area contributed by atoms with Crippen LogP contribution in [0.25, 0.3) is 0 Å². The molecule has 1 N–H and O–H groups in total. The summed E-state index contributed by atoms with van der Waals surface area (Å²) in [5, 5.41) is 5.34. The number of carbonyl (C=O) groups excluding carboxylic acids is 1. The molecule has 1 aromatic heterocycles. The summed E-state index contributed by atoms with van der Waals surface area (Å²) in [4.78, 5) is 16.4. The van der Waals surface area contributed by atoms with Crippen molar-refractivity contribution >= 4 is 5.91 Å². The molecule has 130 valence electrons. The van der Waals surface area contributed by atoms with Crippen LogP contribution in [-0.4, -0.2) is 59.7 Å². The van der Waals surface area contributed by atoms with Gasteiger partial charge in [0.25, 0.3) is 6.43 Å². The fourth-order valence-electron chi connectivity index (χ4n) is 2.49. The van der Waals surface area contributed by atoms with Crippen LogP contribution in [0.2, 0.25) is 0 Å². The Morgan fingerprint density at radius 3 is 2.70 bits per heavy atom. The van der Waals surface area contributed by atoms with Crippen LogP contribution in [0.5, 0.6) is 0 Å². The Hall–Kier alpha value is -1.78. The number of aromatic nitrogens is 2. The van der Waals surface area contributed by atoms with Gasteiger partial charge in [-0.25, -0.2) is 8.78 Å². The van der Waals surface area contributed by atoms with E-state index in [2.05, 4.69) is 10.1 Å². The standard InChI is InChI=1S/C12H15F5N4O2/c1-7-19-10(23-20-7)11(12(15,16)17)2-3-21(6-11)5-9(22)18-4-8(13)14/h8H,2-6H2,1H3,(H,18,22). The van der Waals surface area contributed by atoms with E-state index in [1.807, 2.05) is 5.32 Å². The van der Waals surface area contributed by atoms with Crippen LogP contribution in [0, 0.1) is 6.92 Å². The zero-order valence-corrected chi connectivity index (χ0v) is 12.2. The van der Waals surface area contributed by atoms with Crippen molar-refractivity contribution in [1.29, 1.82) is 0 Å². The van der Waals surface area contributed by atoms with Crippen LogP contribution in [0.4, 0.5) is 22.0 Å². The molecule has 2 heterocycles. The lowest BCUT2D eigenvalue weighted by molar-refractivity contribution is -0.193. The predicted molar refractivity (Wildman–Crippen MR) is 66.8 cm³/mol. The van der Waals surface area contributed by atoms with E-state index >= 15 is 0 Å². The van der Waals surface area contributed by atoms with Gasteiger partial charge in [-0.15, -0.1) is 0 Å². The second-order valence-corrected chi connectivity index (χ2v) is 5.38. The molecule has 2 rings (SSSR count). The number of nitrogens with one attached hydrogen (secondary N) is 1. The van der Waals surface area contributed by atoms with Gasteiger partial charge in [0.15, 0.2) is 11.2 Å². The lowest BCUT2D eigenvalue weighted by Crippen LogP contribution is -2.46. The van der Waals surface area contributed by atoms with Crippen molar-refractivity contribution in [2.24, 2.45) is 0 Å². The van der Waals surface area contributed by atoms with Crippen LogP contribution in [0.15, 0.2) is 4.52 Å². The molecule has 1 saturated heterocycles. The van der Waals surface area contributed by atoms with Crippen LogP contribution in [0.1, 0.15) is 18.1 Å². The van der Waals surface area contributed by atoms with Gasteiger partial charge in [-0.2, -0.15) is 18.2 Å². The highest BCUT2D eigenvalue weighted by molar-refractivity contribution is 5.78. The van der Waals surface area contributed by atoms with Crippen molar-refractivity contribution in [3.05, 3.63) is 11.7 Å². The second-order valence-electron chi connectivity index (χ2n) is 5.38. The van der Waals surface area contributed by atoms with Crippen molar-refractivity contribution in [1.82, 2.24) is 20.4 Å². The van der Waals surface area contributed by atoms with Crippen molar-refractivity contribution in [2.45, 2.75) is 31.4 Å². The topological polar surface area (TPSA) is 71.3 Å².